The van der Waals surface area contributed by atoms with Crippen LogP contribution in [-0.2, 0) is 9.59 Å². The number of carboxylic acids is 1. The number of carbonyl (C=O) groups is 2. The normalized spacial score (nSPS) is 14.4. The Hall–Kier alpha value is -1.06. The Morgan fingerprint density at radius 2 is 1.82 bits per heavy atom. The Morgan fingerprint density at radius 1 is 1.24 bits per heavy atom. The van der Waals surface area contributed by atoms with Gasteiger partial charge in [0.25, 0.3) is 0 Å². The van der Waals surface area contributed by atoms with E-state index in [9.17, 15) is 9.59 Å². The van der Waals surface area contributed by atoms with E-state index in [1.807, 2.05) is 6.92 Å². The minimum Gasteiger partial charge on any atom is -0.480 e. The fourth-order valence-electron chi connectivity index (χ4n) is 1.76. The highest BCUT2D eigenvalue weighted by atomic mass is 16.4. The first-order chi connectivity index (χ1) is 7.93. The van der Waals surface area contributed by atoms with E-state index < -0.39 is 12.0 Å². The van der Waals surface area contributed by atoms with Crippen molar-refractivity contribution in [1.29, 1.82) is 0 Å². The van der Waals surface area contributed by atoms with Crippen LogP contribution in [0.25, 0.3) is 0 Å². The molecule has 0 radical (unpaired) electrons. The van der Waals surface area contributed by atoms with Gasteiger partial charge in [-0.1, -0.05) is 40.5 Å². The molecule has 0 aliphatic rings. The van der Waals surface area contributed by atoms with Crippen LogP contribution >= 0.6 is 0 Å². The van der Waals surface area contributed by atoms with Crippen LogP contribution < -0.4 is 5.32 Å². The lowest BCUT2D eigenvalue weighted by Gasteiger charge is -2.21. The van der Waals surface area contributed by atoms with Crippen molar-refractivity contribution in [3.05, 3.63) is 0 Å². The van der Waals surface area contributed by atoms with Gasteiger partial charge in [-0.25, -0.2) is 4.79 Å². The standard InChI is InChI=1S/C13H25NO3/c1-5-7-8-10(6-2)12(15)14-11(9(3)4)13(16)17/h9-11H,5-8H2,1-4H3,(H,14,15)(H,16,17). The van der Waals surface area contributed by atoms with Crippen LogP contribution in [0, 0.1) is 11.8 Å². The van der Waals surface area contributed by atoms with Gasteiger partial charge in [0, 0.05) is 5.92 Å². The number of unbranched alkanes of at least 4 members (excludes halogenated alkanes) is 1. The zero-order valence-electron chi connectivity index (χ0n) is 11.3. The lowest BCUT2D eigenvalue weighted by molar-refractivity contribution is -0.143. The predicted molar refractivity (Wildman–Crippen MR) is 67.7 cm³/mol. The highest BCUT2D eigenvalue weighted by Gasteiger charge is 2.26. The van der Waals surface area contributed by atoms with E-state index in [1.165, 1.54) is 0 Å². The van der Waals surface area contributed by atoms with Crippen molar-refractivity contribution in [1.82, 2.24) is 5.32 Å². The number of hydrogen-bond donors (Lipinski definition) is 2. The molecule has 17 heavy (non-hydrogen) atoms. The Labute approximate surface area is 104 Å². The Morgan fingerprint density at radius 3 is 2.18 bits per heavy atom. The van der Waals surface area contributed by atoms with Crippen LogP contribution in [-0.4, -0.2) is 23.0 Å². The number of amides is 1. The maximum Gasteiger partial charge on any atom is 0.326 e. The van der Waals surface area contributed by atoms with E-state index in [-0.39, 0.29) is 17.7 Å². The summed E-state index contributed by atoms with van der Waals surface area (Å²) in [5, 5.41) is 11.6. The summed E-state index contributed by atoms with van der Waals surface area (Å²) in [4.78, 5) is 22.9. The fraction of sp³-hybridized carbons (Fsp3) is 0.846. The van der Waals surface area contributed by atoms with Gasteiger partial charge in [0.15, 0.2) is 0 Å². The third kappa shape index (κ3) is 5.71. The van der Waals surface area contributed by atoms with Crippen LogP contribution in [0.3, 0.4) is 0 Å². The van der Waals surface area contributed by atoms with Gasteiger partial charge in [0.05, 0.1) is 0 Å². The fourth-order valence-corrected chi connectivity index (χ4v) is 1.76. The second kappa shape index (κ2) is 8.09. The molecule has 100 valence electrons. The maximum absolute atomic E-state index is 11.9. The van der Waals surface area contributed by atoms with Gasteiger partial charge in [-0.2, -0.15) is 0 Å². The van der Waals surface area contributed by atoms with Gasteiger partial charge in [-0.3, -0.25) is 4.79 Å². The van der Waals surface area contributed by atoms with Gasteiger partial charge in [0.1, 0.15) is 6.04 Å². The molecule has 0 aromatic rings. The lowest BCUT2D eigenvalue weighted by Crippen LogP contribution is -2.46. The van der Waals surface area contributed by atoms with Gasteiger partial charge in [-0.05, 0) is 18.8 Å². The second-order valence-electron chi connectivity index (χ2n) is 4.82. The van der Waals surface area contributed by atoms with Crippen molar-refractivity contribution in [2.24, 2.45) is 11.8 Å². The number of aliphatic carboxylic acids is 1. The molecule has 0 fully saturated rings. The molecule has 0 saturated heterocycles. The van der Waals surface area contributed by atoms with E-state index in [4.69, 9.17) is 5.11 Å². The molecule has 2 atom stereocenters. The summed E-state index contributed by atoms with van der Waals surface area (Å²) in [6, 6.07) is -0.779. The average Bonchev–Trinajstić information content (AvgIpc) is 2.26. The summed E-state index contributed by atoms with van der Waals surface area (Å²) in [6.07, 6.45) is 3.65. The number of hydrogen-bond acceptors (Lipinski definition) is 2. The summed E-state index contributed by atoms with van der Waals surface area (Å²) >= 11 is 0. The van der Waals surface area contributed by atoms with Crippen LogP contribution in [0.5, 0.6) is 0 Å². The summed E-state index contributed by atoms with van der Waals surface area (Å²) < 4.78 is 0. The Bertz CT molecular complexity index is 251. The van der Waals surface area contributed by atoms with Gasteiger partial charge >= 0.3 is 5.97 Å². The monoisotopic (exact) mass is 243 g/mol. The molecule has 0 aromatic carbocycles. The highest BCUT2D eigenvalue weighted by Crippen LogP contribution is 2.14. The molecule has 2 unspecified atom stereocenters. The molecule has 0 bridgehead atoms. The van der Waals surface area contributed by atoms with Crippen molar-refractivity contribution in [2.75, 3.05) is 0 Å². The van der Waals surface area contributed by atoms with Gasteiger partial charge < -0.3 is 10.4 Å². The maximum atomic E-state index is 11.9. The second-order valence-corrected chi connectivity index (χ2v) is 4.82. The van der Waals surface area contributed by atoms with E-state index in [2.05, 4.69) is 12.2 Å². The lowest BCUT2D eigenvalue weighted by atomic mass is 9.96. The van der Waals surface area contributed by atoms with Crippen molar-refractivity contribution in [2.45, 2.75) is 59.4 Å². The molecule has 0 spiro atoms. The van der Waals surface area contributed by atoms with E-state index in [0.29, 0.717) is 0 Å². The minimum absolute atomic E-state index is 0.0597. The third-order valence-corrected chi connectivity index (χ3v) is 3.00. The van der Waals surface area contributed by atoms with Crippen molar-refractivity contribution in [3.8, 4) is 0 Å². The van der Waals surface area contributed by atoms with Crippen molar-refractivity contribution >= 4 is 11.9 Å². The SMILES string of the molecule is CCCCC(CC)C(=O)NC(C(=O)O)C(C)C. The molecule has 4 heteroatoms. The van der Waals surface area contributed by atoms with Crippen LogP contribution in [0.2, 0.25) is 0 Å². The Balaban J connectivity index is 4.41. The van der Waals surface area contributed by atoms with Crippen LogP contribution in [0.15, 0.2) is 0 Å². The van der Waals surface area contributed by atoms with E-state index >= 15 is 0 Å². The summed E-state index contributed by atoms with van der Waals surface area (Å²) in [5.41, 5.74) is 0. The average molecular weight is 243 g/mol. The highest BCUT2D eigenvalue weighted by molar-refractivity contribution is 5.85. The summed E-state index contributed by atoms with van der Waals surface area (Å²) in [5.74, 6) is -1.24. The number of rotatable bonds is 8. The predicted octanol–water partition coefficient (Wildman–Crippen LogP) is 2.43. The van der Waals surface area contributed by atoms with Crippen molar-refractivity contribution < 1.29 is 14.7 Å². The zero-order valence-corrected chi connectivity index (χ0v) is 11.3. The molecular formula is C13H25NO3. The molecule has 1 amide bonds. The number of nitrogens with one attached hydrogen (secondary N) is 1. The Kier molecular flexibility index (Phi) is 7.59. The first-order valence-electron chi connectivity index (χ1n) is 6.47. The van der Waals surface area contributed by atoms with Gasteiger partial charge in [0.2, 0.25) is 5.91 Å². The molecule has 0 heterocycles. The molecule has 0 saturated carbocycles. The summed E-state index contributed by atoms with van der Waals surface area (Å²) in [6.45, 7) is 7.64. The first-order valence-corrected chi connectivity index (χ1v) is 6.47. The number of carboxylic acid groups (broad SMARTS) is 1. The molecule has 0 rings (SSSR count). The molecule has 0 aromatic heterocycles. The number of carbonyl (C=O) groups excluding carboxylic acids is 1. The summed E-state index contributed by atoms with van der Waals surface area (Å²) in [7, 11) is 0. The van der Waals surface area contributed by atoms with Crippen LogP contribution in [0.1, 0.15) is 53.4 Å². The third-order valence-electron chi connectivity index (χ3n) is 3.00. The smallest absolute Gasteiger partial charge is 0.326 e. The zero-order chi connectivity index (χ0) is 13.4. The van der Waals surface area contributed by atoms with E-state index in [0.717, 1.165) is 25.7 Å². The van der Waals surface area contributed by atoms with Crippen LogP contribution in [0.4, 0.5) is 0 Å². The van der Waals surface area contributed by atoms with Crippen molar-refractivity contribution in [3.63, 3.8) is 0 Å². The topological polar surface area (TPSA) is 66.4 Å². The first kappa shape index (κ1) is 15.9. The molecule has 0 aliphatic heterocycles. The molecular weight excluding hydrogens is 218 g/mol. The quantitative estimate of drug-likeness (QED) is 0.688. The van der Waals surface area contributed by atoms with E-state index in [1.54, 1.807) is 13.8 Å². The largest absolute Gasteiger partial charge is 0.480 e. The molecule has 0 aliphatic carbocycles. The van der Waals surface area contributed by atoms with Gasteiger partial charge in [-0.15, -0.1) is 0 Å². The minimum atomic E-state index is -0.960. The molecule has 4 nitrogen and oxygen atoms in total. The molecule has 2 N–H and O–H groups in total.